The first kappa shape index (κ1) is 16.4. The lowest BCUT2D eigenvalue weighted by Crippen LogP contribution is -2.20. The molecule has 126 valence electrons. The van der Waals surface area contributed by atoms with E-state index in [0.717, 1.165) is 42.5 Å². The molecule has 0 radical (unpaired) electrons. The van der Waals surface area contributed by atoms with Gasteiger partial charge in [0.15, 0.2) is 5.78 Å². The fraction of sp³-hybridized carbons (Fsp3) is 0.444. The number of anilines is 1. The molecule has 24 heavy (non-hydrogen) atoms. The van der Waals surface area contributed by atoms with Crippen molar-refractivity contribution in [3.8, 4) is 0 Å². The van der Waals surface area contributed by atoms with Crippen LogP contribution in [0.3, 0.4) is 0 Å². The van der Waals surface area contributed by atoms with Crippen LogP contribution in [0, 0.1) is 13.8 Å². The van der Waals surface area contributed by atoms with Crippen molar-refractivity contribution in [3.63, 3.8) is 0 Å². The summed E-state index contributed by atoms with van der Waals surface area (Å²) >= 11 is 0. The minimum Gasteiger partial charge on any atom is -0.341 e. The van der Waals surface area contributed by atoms with Crippen molar-refractivity contribution in [3.05, 3.63) is 41.0 Å². The Bertz CT molecular complexity index is 754. The predicted molar refractivity (Wildman–Crippen MR) is 94.2 cm³/mol. The average molecular weight is 325 g/mol. The van der Waals surface area contributed by atoms with E-state index in [2.05, 4.69) is 20.0 Å². The van der Waals surface area contributed by atoms with Crippen molar-refractivity contribution in [2.75, 3.05) is 18.0 Å². The molecule has 1 fully saturated rings. The third kappa shape index (κ3) is 3.22. The third-order valence-electron chi connectivity index (χ3n) is 4.40. The number of aromatic nitrogens is 4. The maximum Gasteiger partial charge on any atom is 0.225 e. The molecule has 1 saturated heterocycles. The molecule has 0 N–H and O–H groups in total. The number of carbonyl (C=O) groups excluding carboxylic acids is 1. The molecule has 0 amide bonds. The van der Waals surface area contributed by atoms with Crippen LogP contribution in [0.2, 0.25) is 0 Å². The van der Waals surface area contributed by atoms with E-state index in [1.165, 1.54) is 12.8 Å². The second kappa shape index (κ2) is 6.95. The highest BCUT2D eigenvalue weighted by atomic mass is 16.1. The Morgan fingerprint density at radius 1 is 1.21 bits per heavy atom. The van der Waals surface area contributed by atoms with Crippen LogP contribution in [-0.2, 0) is 6.54 Å². The summed E-state index contributed by atoms with van der Waals surface area (Å²) in [6.45, 7) is 8.62. The van der Waals surface area contributed by atoms with E-state index in [4.69, 9.17) is 0 Å². The van der Waals surface area contributed by atoms with Gasteiger partial charge in [-0.1, -0.05) is 0 Å². The zero-order valence-corrected chi connectivity index (χ0v) is 14.5. The van der Waals surface area contributed by atoms with E-state index in [9.17, 15) is 4.79 Å². The number of rotatable bonds is 5. The molecule has 0 aromatic carbocycles. The first-order valence-electron chi connectivity index (χ1n) is 8.43. The van der Waals surface area contributed by atoms with Crippen LogP contribution in [0.5, 0.6) is 0 Å². The van der Waals surface area contributed by atoms with E-state index in [1.54, 1.807) is 24.5 Å². The quantitative estimate of drug-likeness (QED) is 0.625. The summed E-state index contributed by atoms with van der Waals surface area (Å²) in [6.07, 6.45) is 9.26. The zero-order valence-electron chi connectivity index (χ0n) is 14.5. The lowest BCUT2D eigenvalue weighted by molar-refractivity contribution is 0.104. The normalized spacial score (nSPS) is 14.7. The predicted octanol–water partition coefficient (Wildman–Crippen LogP) is 2.81. The van der Waals surface area contributed by atoms with Crippen LogP contribution in [0.4, 0.5) is 5.95 Å². The number of hydrogen-bond acceptors (Lipinski definition) is 5. The molecular formula is C18H23N5O. The molecule has 1 aliphatic rings. The van der Waals surface area contributed by atoms with Crippen molar-refractivity contribution in [2.45, 2.75) is 40.2 Å². The van der Waals surface area contributed by atoms with Crippen LogP contribution >= 0.6 is 0 Å². The Balaban J connectivity index is 1.73. The van der Waals surface area contributed by atoms with Crippen LogP contribution in [-0.4, -0.2) is 38.6 Å². The minimum absolute atomic E-state index is 0.0340. The fourth-order valence-corrected chi connectivity index (χ4v) is 3.11. The summed E-state index contributed by atoms with van der Waals surface area (Å²) in [5.41, 5.74) is 3.18. The average Bonchev–Trinajstić information content (AvgIpc) is 3.21. The van der Waals surface area contributed by atoms with E-state index in [-0.39, 0.29) is 5.78 Å². The molecule has 3 heterocycles. The molecule has 0 unspecified atom stereocenters. The van der Waals surface area contributed by atoms with Gasteiger partial charge in [0.2, 0.25) is 5.95 Å². The van der Waals surface area contributed by atoms with Gasteiger partial charge < -0.3 is 4.90 Å². The molecule has 6 nitrogen and oxygen atoms in total. The Hall–Kier alpha value is -2.50. The summed E-state index contributed by atoms with van der Waals surface area (Å²) < 4.78 is 1.85. The van der Waals surface area contributed by atoms with Crippen LogP contribution < -0.4 is 4.90 Å². The Labute approximate surface area is 142 Å². The zero-order chi connectivity index (χ0) is 17.1. The second-order valence-electron chi connectivity index (χ2n) is 6.07. The summed E-state index contributed by atoms with van der Waals surface area (Å²) in [7, 11) is 0. The highest BCUT2D eigenvalue weighted by Gasteiger charge is 2.16. The number of carbonyl (C=O) groups is 1. The van der Waals surface area contributed by atoms with Gasteiger partial charge in [-0.25, -0.2) is 9.97 Å². The third-order valence-corrected chi connectivity index (χ3v) is 4.40. The summed E-state index contributed by atoms with van der Waals surface area (Å²) in [5, 5.41) is 4.39. The Kier molecular flexibility index (Phi) is 4.74. The standard InChI is InChI=1S/C18H23N5O/c1-4-23-14(3)17(13(2)21-23)16(24)8-7-15-11-19-18(20-12-15)22-9-5-6-10-22/h7-8,11-12H,4-6,9-10H2,1-3H3. The monoisotopic (exact) mass is 325 g/mol. The molecule has 0 bridgehead atoms. The van der Waals surface area contributed by atoms with Gasteiger partial charge in [0.25, 0.3) is 0 Å². The van der Waals surface area contributed by atoms with Gasteiger partial charge in [-0.2, -0.15) is 5.10 Å². The molecule has 2 aromatic rings. The van der Waals surface area contributed by atoms with E-state index in [1.807, 2.05) is 25.5 Å². The van der Waals surface area contributed by atoms with Crippen LogP contribution in [0.15, 0.2) is 18.5 Å². The number of allylic oxidation sites excluding steroid dienone is 1. The number of ketones is 1. The molecule has 0 atom stereocenters. The molecule has 3 rings (SSSR count). The van der Waals surface area contributed by atoms with Gasteiger partial charge in [0.1, 0.15) is 0 Å². The van der Waals surface area contributed by atoms with Gasteiger partial charge in [-0.05, 0) is 45.8 Å². The van der Waals surface area contributed by atoms with Gasteiger partial charge in [-0.3, -0.25) is 9.48 Å². The fourth-order valence-electron chi connectivity index (χ4n) is 3.11. The topological polar surface area (TPSA) is 63.9 Å². The van der Waals surface area contributed by atoms with E-state index < -0.39 is 0 Å². The summed E-state index contributed by atoms with van der Waals surface area (Å²) in [5.74, 6) is 0.736. The Morgan fingerprint density at radius 2 is 1.88 bits per heavy atom. The van der Waals surface area contributed by atoms with Crippen LogP contribution in [0.25, 0.3) is 6.08 Å². The van der Waals surface area contributed by atoms with E-state index >= 15 is 0 Å². The van der Waals surface area contributed by atoms with Gasteiger partial charge >= 0.3 is 0 Å². The van der Waals surface area contributed by atoms with Gasteiger partial charge in [0.05, 0.1) is 11.3 Å². The minimum atomic E-state index is -0.0340. The summed E-state index contributed by atoms with van der Waals surface area (Å²) in [6, 6.07) is 0. The number of hydrogen-bond donors (Lipinski definition) is 0. The molecule has 0 aliphatic carbocycles. The number of nitrogens with zero attached hydrogens (tertiary/aromatic N) is 5. The second-order valence-corrected chi connectivity index (χ2v) is 6.07. The van der Waals surface area contributed by atoms with Crippen molar-refractivity contribution in [1.29, 1.82) is 0 Å². The van der Waals surface area contributed by atoms with Crippen molar-refractivity contribution < 1.29 is 4.79 Å². The van der Waals surface area contributed by atoms with Crippen molar-refractivity contribution in [2.24, 2.45) is 0 Å². The maximum atomic E-state index is 12.5. The highest BCUT2D eigenvalue weighted by molar-refractivity contribution is 6.08. The first-order valence-corrected chi connectivity index (χ1v) is 8.43. The molecule has 0 saturated carbocycles. The van der Waals surface area contributed by atoms with Gasteiger partial charge in [-0.15, -0.1) is 0 Å². The van der Waals surface area contributed by atoms with Crippen molar-refractivity contribution >= 4 is 17.8 Å². The summed E-state index contributed by atoms with van der Waals surface area (Å²) in [4.78, 5) is 23.5. The Morgan fingerprint density at radius 3 is 2.46 bits per heavy atom. The molecule has 6 heteroatoms. The number of aryl methyl sites for hydroxylation is 2. The molecule has 0 spiro atoms. The lowest BCUT2D eigenvalue weighted by Gasteiger charge is -2.14. The smallest absolute Gasteiger partial charge is 0.225 e. The van der Waals surface area contributed by atoms with E-state index in [0.29, 0.717) is 5.56 Å². The molecule has 1 aliphatic heterocycles. The van der Waals surface area contributed by atoms with Crippen LogP contribution in [0.1, 0.15) is 47.1 Å². The lowest BCUT2D eigenvalue weighted by atomic mass is 10.1. The molecule has 2 aromatic heterocycles. The van der Waals surface area contributed by atoms with Gasteiger partial charge in [0, 0.05) is 43.3 Å². The molecular weight excluding hydrogens is 302 g/mol. The highest BCUT2D eigenvalue weighted by Crippen LogP contribution is 2.17. The largest absolute Gasteiger partial charge is 0.341 e. The SMILES string of the molecule is CCn1nc(C)c(C(=O)C=Cc2cnc(N3CCCC3)nc2)c1C. The maximum absolute atomic E-state index is 12.5. The first-order chi connectivity index (χ1) is 11.6. The van der Waals surface area contributed by atoms with Crippen molar-refractivity contribution in [1.82, 2.24) is 19.7 Å².